The first kappa shape index (κ1) is 23.1. The highest BCUT2D eigenvalue weighted by molar-refractivity contribution is 5.86. The summed E-state index contributed by atoms with van der Waals surface area (Å²) in [6.45, 7) is 15.9. The molecule has 172 valence electrons. The normalized spacial score (nSPS) is 17.5. The number of nitrogens with zero attached hydrogens (tertiary/aromatic N) is 2. The van der Waals surface area contributed by atoms with Crippen molar-refractivity contribution in [3.63, 3.8) is 0 Å². The lowest BCUT2D eigenvalue weighted by molar-refractivity contribution is 0.356. The Morgan fingerprint density at radius 1 is 0.970 bits per heavy atom. The topological polar surface area (TPSA) is 24.8 Å². The van der Waals surface area contributed by atoms with Gasteiger partial charge in [0, 0.05) is 23.5 Å². The molecule has 0 fully saturated rings. The lowest BCUT2D eigenvalue weighted by atomic mass is 9.78. The van der Waals surface area contributed by atoms with E-state index in [1.165, 1.54) is 27.9 Å². The largest absolute Gasteiger partial charge is 0.457 e. The first-order valence-electron chi connectivity index (χ1n) is 12.0. The summed E-state index contributed by atoms with van der Waals surface area (Å²) in [4.78, 5) is 7.35. The molecule has 0 aromatic heterocycles. The van der Waals surface area contributed by atoms with Gasteiger partial charge in [0.05, 0.1) is 5.69 Å². The zero-order valence-electron chi connectivity index (χ0n) is 21.0. The van der Waals surface area contributed by atoms with Gasteiger partial charge >= 0.3 is 0 Å². The second-order valence-corrected chi connectivity index (χ2v) is 10.3. The molecule has 3 aromatic rings. The molecule has 0 unspecified atom stereocenters. The van der Waals surface area contributed by atoms with Crippen molar-refractivity contribution in [1.82, 2.24) is 0 Å². The van der Waals surface area contributed by atoms with E-state index in [0.29, 0.717) is 12.0 Å². The fourth-order valence-electron chi connectivity index (χ4n) is 5.22. The van der Waals surface area contributed by atoms with Crippen LogP contribution in [0.4, 0.5) is 11.4 Å². The molecule has 0 aliphatic carbocycles. The van der Waals surface area contributed by atoms with E-state index in [0.717, 1.165) is 23.6 Å². The van der Waals surface area contributed by atoms with Gasteiger partial charge in [-0.3, -0.25) is 4.99 Å². The van der Waals surface area contributed by atoms with E-state index in [1.807, 2.05) is 42.6 Å². The molecule has 1 aliphatic heterocycles. The van der Waals surface area contributed by atoms with Gasteiger partial charge in [-0.05, 0) is 119 Å². The zero-order chi connectivity index (χ0) is 23.8. The Hall–Kier alpha value is -3.07. The van der Waals surface area contributed by atoms with Crippen molar-refractivity contribution in [2.45, 2.75) is 72.4 Å². The van der Waals surface area contributed by atoms with Crippen LogP contribution < -0.4 is 9.64 Å². The molecule has 0 bridgehead atoms. The van der Waals surface area contributed by atoms with Crippen LogP contribution in [0.3, 0.4) is 0 Å². The van der Waals surface area contributed by atoms with Crippen molar-refractivity contribution in [3.05, 3.63) is 82.9 Å². The Morgan fingerprint density at radius 3 is 2.18 bits per heavy atom. The summed E-state index contributed by atoms with van der Waals surface area (Å²) in [7, 11) is 0. The fourth-order valence-corrected chi connectivity index (χ4v) is 5.22. The molecule has 1 aliphatic rings. The molecule has 1 atom stereocenters. The molecule has 33 heavy (non-hydrogen) atoms. The van der Waals surface area contributed by atoms with Gasteiger partial charge in [0.15, 0.2) is 0 Å². The number of hydrogen-bond acceptors (Lipinski definition) is 3. The van der Waals surface area contributed by atoms with E-state index in [1.54, 1.807) is 0 Å². The summed E-state index contributed by atoms with van der Waals surface area (Å²) in [6, 6.07) is 21.2. The average molecular weight is 441 g/mol. The predicted molar refractivity (Wildman–Crippen MR) is 141 cm³/mol. The summed E-state index contributed by atoms with van der Waals surface area (Å²) in [6.07, 6.45) is 3.15. The molecule has 0 spiro atoms. The third-order valence-electron chi connectivity index (χ3n) is 6.63. The maximum absolute atomic E-state index is 5.93. The van der Waals surface area contributed by atoms with Crippen LogP contribution in [0.25, 0.3) is 0 Å². The Morgan fingerprint density at radius 2 is 1.58 bits per heavy atom. The highest BCUT2D eigenvalue weighted by Crippen LogP contribution is 2.45. The Kier molecular flexibility index (Phi) is 6.34. The quantitative estimate of drug-likeness (QED) is 0.372. The van der Waals surface area contributed by atoms with Gasteiger partial charge in [0.25, 0.3) is 0 Å². The fraction of sp³-hybridized carbons (Fsp3) is 0.367. The van der Waals surface area contributed by atoms with E-state index < -0.39 is 0 Å². The van der Waals surface area contributed by atoms with E-state index in [9.17, 15) is 0 Å². The number of fused-ring (bicyclic) bond motifs is 1. The lowest BCUT2D eigenvalue weighted by Gasteiger charge is -2.50. The summed E-state index contributed by atoms with van der Waals surface area (Å²) in [5.41, 5.74) is 7.54. The SMILES string of the molecule is Cc1ccc(Oc2ccc(N=Cc3cc4c(cc3C)N(C(C)C)C(C)(C)C[C@H]4C)cc2)cc1. The lowest BCUT2D eigenvalue weighted by Crippen LogP contribution is -2.51. The van der Waals surface area contributed by atoms with Crippen LogP contribution in [0.5, 0.6) is 11.5 Å². The molecular formula is C30H36N2O. The van der Waals surface area contributed by atoms with Gasteiger partial charge in [-0.2, -0.15) is 0 Å². The average Bonchev–Trinajstić information content (AvgIpc) is 2.74. The van der Waals surface area contributed by atoms with Crippen LogP contribution >= 0.6 is 0 Å². The molecular weight excluding hydrogens is 404 g/mol. The minimum absolute atomic E-state index is 0.158. The highest BCUT2D eigenvalue weighted by Gasteiger charge is 2.37. The summed E-state index contributed by atoms with van der Waals surface area (Å²) in [5, 5.41) is 0. The van der Waals surface area contributed by atoms with Crippen molar-refractivity contribution in [2.75, 3.05) is 4.90 Å². The van der Waals surface area contributed by atoms with E-state index in [2.05, 4.69) is 77.6 Å². The number of aliphatic imine (C=N–C) groups is 1. The molecule has 3 aromatic carbocycles. The molecule has 4 rings (SSSR count). The highest BCUT2D eigenvalue weighted by atomic mass is 16.5. The number of anilines is 1. The maximum atomic E-state index is 5.93. The maximum Gasteiger partial charge on any atom is 0.127 e. The number of aryl methyl sites for hydroxylation is 2. The van der Waals surface area contributed by atoms with Crippen molar-refractivity contribution in [2.24, 2.45) is 4.99 Å². The molecule has 3 nitrogen and oxygen atoms in total. The molecule has 0 amide bonds. The Bertz CT molecular complexity index is 1140. The predicted octanol–water partition coefficient (Wildman–Crippen LogP) is 8.35. The van der Waals surface area contributed by atoms with Crippen molar-refractivity contribution in [1.29, 1.82) is 0 Å². The van der Waals surface area contributed by atoms with Gasteiger partial charge in [-0.25, -0.2) is 0 Å². The van der Waals surface area contributed by atoms with Gasteiger partial charge < -0.3 is 9.64 Å². The molecule has 3 heteroatoms. The number of ether oxygens (including phenoxy) is 1. The third kappa shape index (κ3) is 4.98. The van der Waals surface area contributed by atoms with Crippen LogP contribution in [-0.4, -0.2) is 17.8 Å². The summed E-state index contributed by atoms with van der Waals surface area (Å²) < 4.78 is 5.93. The Balaban J connectivity index is 1.55. The van der Waals surface area contributed by atoms with Gasteiger partial charge in [-0.15, -0.1) is 0 Å². The van der Waals surface area contributed by atoms with Crippen molar-refractivity contribution in [3.8, 4) is 11.5 Å². The summed E-state index contributed by atoms with van der Waals surface area (Å²) >= 11 is 0. The first-order valence-corrected chi connectivity index (χ1v) is 12.0. The minimum atomic E-state index is 0.158. The number of rotatable bonds is 5. The van der Waals surface area contributed by atoms with E-state index in [4.69, 9.17) is 9.73 Å². The van der Waals surface area contributed by atoms with Crippen molar-refractivity contribution < 1.29 is 4.74 Å². The van der Waals surface area contributed by atoms with E-state index >= 15 is 0 Å². The van der Waals surface area contributed by atoms with Gasteiger partial charge in [0.1, 0.15) is 11.5 Å². The molecule has 0 saturated carbocycles. The minimum Gasteiger partial charge on any atom is -0.457 e. The summed E-state index contributed by atoms with van der Waals surface area (Å²) in [5.74, 6) is 2.18. The Labute approximate surface area is 199 Å². The van der Waals surface area contributed by atoms with Crippen LogP contribution in [0.1, 0.15) is 69.2 Å². The van der Waals surface area contributed by atoms with Crippen molar-refractivity contribution >= 4 is 17.6 Å². The standard InChI is InChI=1S/C30H36N2O/c1-20(2)32-29-16-22(4)24(17-28(29)23(5)18-30(32,6)7)19-31-25-10-14-27(15-11-25)33-26-12-8-21(3)9-13-26/h8-17,19-20,23H,18H2,1-7H3/t23-/m1/s1. The van der Waals surface area contributed by atoms with Crippen LogP contribution in [0.15, 0.2) is 65.7 Å². The number of hydrogen-bond donors (Lipinski definition) is 0. The second kappa shape index (κ2) is 9.05. The van der Waals surface area contributed by atoms with Crippen LogP contribution in [0, 0.1) is 13.8 Å². The van der Waals surface area contributed by atoms with Crippen LogP contribution in [0.2, 0.25) is 0 Å². The third-order valence-corrected chi connectivity index (χ3v) is 6.63. The first-order chi connectivity index (χ1) is 15.6. The van der Waals surface area contributed by atoms with Crippen LogP contribution in [-0.2, 0) is 0 Å². The smallest absolute Gasteiger partial charge is 0.127 e. The van der Waals surface area contributed by atoms with E-state index in [-0.39, 0.29) is 5.54 Å². The molecule has 0 radical (unpaired) electrons. The monoisotopic (exact) mass is 440 g/mol. The molecule has 1 heterocycles. The number of benzene rings is 3. The van der Waals surface area contributed by atoms with Gasteiger partial charge in [0.2, 0.25) is 0 Å². The molecule has 0 saturated heterocycles. The zero-order valence-corrected chi connectivity index (χ0v) is 21.0. The molecule has 0 N–H and O–H groups in total. The second-order valence-electron chi connectivity index (χ2n) is 10.3. The van der Waals surface area contributed by atoms with Gasteiger partial charge in [-0.1, -0.05) is 24.6 Å².